The lowest BCUT2D eigenvalue weighted by molar-refractivity contribution is 0.101. The normalized spacial score (nSPS) is 20.0. The number of piperazine rings is 1. The third-order valence-electron chi connectivity index (χ3n) is 8.63. The summed E-state index contributed by atoms with van der Waals surface area (Å²) in [4.78, 5) is 39.4. The monoisotopic (exact) mass is 482 g/mol. The van der Waals surface area contributed by atoms with Crippen LogP contribution in [0.1, 0.15) is 83.1 Å². The van der Waals surface area contributed by atoms with E-state index < -0.39 is 5.41 Å². The molecular weight excluding hydrogens is 448 g/mol. The Labute approximate surface area is 212 Å². The molecule has 3 aromatic rings. The topological polar surface area (TPSA) is 68.8 Å². The molecule has 1 aromatic heterocycles. The molecule has 0 atom stereocenters. The summed E-state index contributed by atoms with van der Waals surface area (Å²) >= 11 is 0. The van der Waals surface area contributed by atoms with E-state index in [4.69, 9.17) is 0 Å². The van der Waals surface area contributed by atoms with Crippen LogP contribution < -0.4 is 4.90 Å². The van der Waals surface area contributed by atoms with E-state index in [9.17, 15) is 9.59 Å². The van der Waals surface area contributed by atoms with Crippen LogP contribution in [0.3, 0.4) is 0 Å². The second kappa shape index (κ2) is 8.41. The van der Waals surface area contributed by atoms with Gasteiger partial charge in [-0.3, -0.25) is 19.5 Å². The Morgan fingerprint density at radius 2 is 1.86 bits per heavy atom. The van der Waals surface area contributed by atoms with Gasteiger partial charge in [-0.05, 0) is 49.1 Å². The van der Waals surface area contributed by atoms with E-state index in [1.165, 1.54) is 19.3 Å². The number of aromatic nitrogens is 1. The molecule has 2 aliphatic carbocycles. The molecule has 1 saturated heterocycles. The summed E-state index contributed by atoms with van der Waals surface area (Å²) in [5, 5.41) is 0.919. The predicted molar refractivity (Wildman–Crippen MR) is 145 cm³/mol. The Balaban J connectivity index is 1.44. The number of hydrogen-bond acceptors (Lipinski definition) is 5. The second-order valence-electron chi connectivity index (χ2n) is 11.1. The first-order valence-corrected chi connectivity index (χ1v) is 13.1. The smallest absolute Gasteiger partial charge is 0.195 e. The van der Waals surface area contributed by atoms with Crippen molar-refractivity contribution in [1.82, 2.24) is 9.88 Å². The van der Waals surface area contributed by atoms with Gasteiger partial charge < -0.3 is 9.88 Å². The predicted octanol–water partition coefficient (Wildman–Crippen LogP) is 4.96. The molecule has 2 aromatic carbocycles. The van der Waals surface area contributed by atoms with Crippen molar-refractivity contribution in [2.75, 3.05) is 38.1 Å². The zero-order valence-corrected chi connectivity index (χ0v) is 21.6. The Bertz CT molecular complexity index is 1420. The molecule has 2 heterocycles. The van der Waals surface area contributed by atoms with Crippen LogP contribution in [0.4, 0.5) is 5.69 Å². The van der Waals surface area contributed by atoms with Crippen LogP contribution in [-0.4, -0.2) is 66.9 Å². The van der Waals surface area contributed by atoms with E-state index in [1.54, 1.807) is 14.0 Å². The highest BCUT2D eigenvalue weighted by molar-refractivity contribution is 6.21. The molecule has 0 spiro atoms. The average molecular weight is 483 g/mol. The number of carbonyl (C=O) groups is 2. The fourth-order valence-corrected chi connectivity index (χ4v) is 6.34. The van der Waals surface area contributed by atoms with Crippen molar-refractivity contribution in [2.24, 2.45) is 4.99 Å². The summed E-state index contributed by atoms with van der Waals surface area (Å²) in [5.41, 5.74) is 6.44. The maximum atomic E-state index is 13.9. The minimum atomic E-state index is -0.408. The first-order valence-electron chi connectivity index (χ1n) is 13.1. The van der Waals surface area contributed by atoms with Crippen LogP contribution in [-0.2, 0) is 5.41 Å². The number of Topliss-reactive ketones (excluding diaryl/α,β-unsaturated/α-hetero) is 1. The molecule has 6 heteroatoms. The molecule has 2 fully saturated rings. The van der Waals surface area contributed by atoms with Crippen molar-refractivity contribution in [3.8, 4) is 0 Å². The number of benzene rings is 2. The van der Waals surface area contributed by atoms with Gasteiger partial charge in [0.1, 0.15) is 0 Å². The van der Waals surface area contributed by atoms with Crippen molar-refractivity contribution in [3.63, 3.8) is 0 Å². The molecule has 186 valence electrons. The number of nitrogens with zero attached hydrogens (tertiary/aromatic N) is 3. The van der Waals surface area contributed by atoms with E-state index in [-0.39, 0.29) is 11.6 Å². The van der Waals surface area contributed by atoms with Crippen LogP contribution in [0.15, 0.2) is 35.3 Å². The Hall–Kier alpha value is -3.25. The summed E-state index contributed by atoms with van der Waals surface area (Å²) in [5.74, 6) is -0.000571. The van der Waals surface area contributed by atoms with Gasteiger partial charge in [-0.1, -0.05) is 32.4 Å². The molecule has 6 nitrogen and oxygen atoms in total. The van der Waals surface area contributed by atoms with E-state index in [0.29, 0.717) is 11.1 Å². The Morgan fingerprint density at radius 1 is 1.11 bits per heavy atom. The van der Waals surface area contributed by atoms with Crippen molar-refractivity contribution in [2.45, 2.75) is 51.5 Å². The lowest BCUT2D eigenvalue weighted by Gasteiger charge is -2.44. The lowest BCUT2D eigenvalue weighted by atomic mass is 9.70. The summed E-state index contributed by atoms with van der Waals surface area (Å²) in [6.45, 7) is 9.82. The molecule has 0 unspecified atom stereocenters. The fourth-order valence-electron chi connectivity index (χ4n) is 6.34. The van der Waals surface area contributed by atoms with Gasteiger partial charge in [0.25, 0.3) is 0 Å². The first-order chi connectivity index (χ1) is 17.3. The quantitative estimate of drug-likeness (QED) is 0.421. The zero-order valence-electron chi connectivity index (χ0n) is 21.6. The number of rotatable bonds is 4. The van der Waals surface area contributed by atoms with E-state index in [0.717, 1.165) is 71.2 Å². The van der Waals surface area contributed by atoms with Crippen molar-refractivity contribution in [3.05, 3.63) is 63.8 Å². The minimum absolute atomic E-state index is 0.00745. The van der Waals surface area contributed by atoms with Crippen molar-refractivity contribution < 1.29 is 9.59 Å². The lowest BCUT2D eigenvalue weighted by Crippen LogP contribution is -2.52. The third kappa shape index (κ3) is 3.46. The van der Waals surface area contributed by atoms with Gasteiger partial charge >= 0.3 is 0 Å². The van der Waals surface area contributed by atoms with E-state index >= 15 is 0 Å². The molecule has 1 saturated carbocycles. The summed E-state index contributed by atoms with van der Waals surface area (Å²) < 4.78 is 0. The number of nitrogens with one attached hydrogen (secondary N) is 1. The SMILES string of the molecule is CN=Cc1ccc2c3c([nH]c2c1)C(C)(C)c1cc(N2CCN(C4CCC4)CC2)c(C(C)=O)cc1C3=O. The largest absolute Gasteiger partial charge is 0.368 e. The standard InChI is InChI=1S/C30H34N4O2/c1-18(35)22-15-23-24(16-26(22)34-12-10-33(11-13-34)20-6-5-7-20)30(2,3)29-27(28(23)36)21-9-8-19(17-31-4)14-25(21)32-29/h8-9,14-17,20,32H,5-7,10-13H2,1-4H3. The highest BCUT2D eigenvalue weighted by atomic mass is 16.1. The maximum Gasteiger partial charge on any atom is 0.195 e. The van der Waals surface area contributed by atoms with Gasteiger partial charge in [-0.15, -0.1) is 0 Å². The molecule has 0 bridgehead atoms. The number of aliphatic imine (C=N–C) groups is 1. The fraction of sp³-hybridized carbons (Fsp3) is 0.433. The summed E-state index contributed by atoms with van der Waals surface area (Å²) in [6.07, 6.45) is 5.79. The van der Waals surface area contributed by atoms with Crippen molar-refractivity contribution >= 4 is 34.4 Å². The van der Waals surface area contributed by atoms with Gasteiger partial charge in [0, 0.05) is 84.3 Å². The number of aromatic amines is 1. The summed E-state index contributed by atoms with van der Waals surface area (Å²) in [6, 6.07) is 10.8. The first kappa shape index (κ1) is 23.2. The van der Waals surface area contributed by atoms with Gasteiger partial charge in [-0.2, -0.15) is 0 Å². The number of hydrogen-bond donors (Lipinski definition) is 1. The summed E-state index contributed by atoms with van der Waals surface area (Å²) in [7, 11) is 1.75. The van der Waals surface area contributed by atoms with Gasteiger partial charge in [0.2, 0.25) is 0 Å². The molecule has 1 N–H and O–H groups in total. The Morgan fingerprint density at radius 3 is 2.50 bits per heavy atom. The Kier molecular flexibility index (Phi) is 5.41. The molecule has 36 heavy (non-hydrogen) atoms. The van der Waals surface area contributed by atoms with Crippen LogP contribution in [0.2, 0.25) is 0 Å². The number of ketones is 2. The number of carbonyl (C=O) groups excluding carboxylic acids is 2. The number of H-pyrrole nitrogens is 1. The minimum Gasteiger partial charge on any atom is -0.368 e. The molecular formula is C30H34N4O2. The van der Waals surface area contributed by atoms with Crippen LogP contribution in [0, 0.1) is 0 Å². The van der Waals surface area contributed by atoms with Gasteiger partial charge in [0.05, 0.1) is 5.56 Å². The molecule has 0 radical (unpaired) electrons. The van der Waals surface area contributed by atoms with E-state index in [2.05, 4.69) is 39.7 Å². The molecule has 3 aliphatic rings. The highest BCUT2D eigenvalue weighted by Gasteiger charge is 2.41. The van der Waals surface area contributed by atoms with Crippen LogP contribution in [0.5, 0.6) is 0 Å². The van der Waals surface area contributed by atoms with Gasteiger partial charge in [-0.25, -0.2) is 0 Å². The van der Waals surface area contributed by atoms with Crippen LogP contribution in [0.25, 0.3) is 10.9 Å². The molecule has 0 amide bonds. The third-order valence-corrected chi connectivity index (χ3v) is 8.63. The highest BCUT2D eigenvalue weighted by Crippen LogP contribution is 2.46. The molecule has 6 rings (SSSR count). The van der Waals surface area contributed by atoms with Crippen molar-refractivity contribution in [1.29, 1.82) is 0 Å². The molecule has 1 aliphatic heterocycles. The maximum absolute atomic E-state index is 13.9. The number of fused-ring (bicyclic) bond motifs is 4. The zero-order chi connectivity index (χ0) is 25.2. The second-order valence-corrected chi connectivity index (χ2v) is 11.1. The number of anilines is 1. The average Bonchev–Trinajstić information content (AvgIpc) is 3.22. The van der Waals surface area contributed by atoms with Gasteiger partial charge in [0.15, 0.2) is 11.6 Å². The van der Waals surface area contributed by atoms with Crippen LogP contribution >= 0.6 is 0 Å². The van der Waals surface area contributed by atoms with E-state index in [1.807, 2.05) is 30.5 Å².